The summed E-state index contributed by atoms with van der Waals surface area (Å²) in [6, 6.07) is 0. The maximum Gasteiger partial charge on any atom is 0.309 e. The molecule has 0 radical (unpaired) electrons. The van der Waals surface area contributed by atoms with Gasteiger partial charge in [0.2, 0.25) is 0 Å². The lowest BCUT2D eigenvalue weighted by Crippen LogP contribution is -2.30. The number of carbonyl (C=O) groups is 3. The minimum Gasteiger partial charge on any atom is -0.462 e. The van der Waals surface area contributed by atoms with E-state index >= 15 is 0 Å². The Balaban J connectivity index is 4.44. The first-order valence-electron chi connectivity index (χ1n) is 23.3. The van der Waals surface area contributed by atoms with E-state index < -0.39 is 12.1 Å². The summed E-state index contributed by atoms with van der Waals surface area (Å²) in [6.45, 7) is 6.40. The van der Waals surface area contributed by atoms with Gasteiger partial charge in [0.1, 0.15) is 13.2 Å². The SMILES string of the molecule is CC/C=C\C/C=C\C/C=C\C/C=C\C/C=C\CC(=O)OCC(COC(=O)CCCCCCCCCC)OC(=O)CCCCCCCCCCCCCCCCC. The third-order valence-electron chi connectivity index (χ3n) is 9.82. The molecule has 0 saturated carbocycles. The van der Waals surface area contributed by atoms with Gasteiger partial charge in [-0.3, -0.25) is 14.4 Å². The predicted octanol–water partition coefficient (Wildman–Crippen LogP) is 14.9. The molecule has 56 heavy (non-hydrogen) atoms. The number of carbonyl (C=O) groups excluding carboxylic acids is 3. The highest BCUT2D eigenvalue weighted by Crippen LogP contribution is 2.15. The monoisotopic (exact) mass is 783 g/mol. The number of hydrogen-bond acceptors (Lipinski definition) is 6. The van der Waals surface area contributed by atoms with Crippen LogP contribution in [0.25, 0.3) is 0 Å². The highest BCUT2D eigenvalue weighted by Gasteiger charge is 2.19. The van der Waals surface area contributed by atoms with Gasteiger partial charge in [-0.25, -0.2) is 0 Å². The Morgan fingerprint density at radius 3 is 1.09 bits per heavy atom. The summed E-state index contributed by atoms with van der Waals surface area (Å²) in [5, 5.41) is 0. The first kappa shape index (κ1) is 53.1. The first-order valence-corrected chi connectivity index (χ1v) is 23.3. The zero-order chi connectivity index (χ0) is 40.8. The molecule has 0 aromatic carbocycles. The van der Waals surface area contributed by atoms with Crippen LogP contribution < -0.4 is 0 Å². The normalized spacial score (nSPS) is 12.6. The first-order chi connectivity index (χ1) is 27.5. The fourth-order valence-corrected chi connectivity index (χ4v) is 6.34. The molecule has 0 fully saturated rings. The van der Waals surface area contributed by atoms with E-state index in [1.807, 2.05) is 6.08 Å². The van der Waals surface area contributed by atoms with Crippen LogP contribution in [-0.2, 0) is 28.6 Å². The summed E-state index contributed by atoms with van der Waals surface area (Å²) >= 11 is 0. The zero-order valence-corrected chi connectivity index (χ0v) is 36.6. The Labute approximate surface area is 345 Å². The molecule has 0 bridgehead atoms. The zero-order valence-electron chi connectivity index (χ0n) is 36.6. The molecule has 0 N–H and O–H groups in total. The smallest absolute Gasteiger partial charge is 0.309 e. The maximum atomic E-state index is 12.7. The maximum absolute atomic E-state index is 12.7. The number of hydrogen-bond donors (Lipinski definition) is 0. The topological polar surface area (TPSA) is 78.9 Å². The van der Waals surface area contributed by atoms with E-state index in [1.165, 1.54) is 109 Å². The lowest BCUT2D eigenvalue weighted by atomic mass is 10.0. The van der Waals surface area contributed by atoms with E-state index in [2.05, 4.69) is 69.4 Å². The van der Waals surface area contributed by atoms with Gasteiger partial charge < -0.3 is 14.2 Å². The number of esters is 3. The number of rotatable bonds is 41. The summed E-state index contributed by atoms with van der Waals surface area (Å²) in [5.74, 6) is -1.04. The van der Waals surface area contributed by atoms with Gasteiger partial charge in [-0.15, -0.1) is 0 Å². The predicted molar refractivity (Wildman–Crippen MR) is 238 cm³/mol. The molecule has 1 unspecified atom stereocenters. The van der Waals surface area contributed by atoms with E-state index in [0.29, 0.717) is 12.8 Å². The highest BCUT2D eigenvalue weighted by atomic mass is 16.6. The van der Waals surface area contributed by atoms with E-state index in [0.717, 1.165) is 70.6 Å². The van der Waals surface area contributed by atoms with Crippen LogP contribution in [0.5, 0.6) is 0 Å². The van der Waals surface area contributed by atoms with Crippen LogP contribution in [0.3, 0.4) is 0 Å². The van der Waals surface area contributed by atoms with Gasteiger partial charge in [0.05, 0.1) is 6.42 Å². The molecule has 6 heteroatoms. The number of allylic oxidation sites excluding steroid dienone is 9. The van der Waals surface area contributed by atoms with Gasteiger partial charge in [-0.1, -0.05) is 216 Å². The standard InChI is InChI=1S/C50H86O6/c1-4-7-10-13-16-19-21-23-25-27-29-31-34-37-40-43-49(52)55-46-47(45-54-48(51)42-39-36-33-18-15-12-9-6-3)56-50(53)44-41-38-35-32-30-28-26-24-22-20-17-14-11-8-5-2/h7,10,16,19,23,25,29,31,37,40,47H,4-6,8-9,11-15,17-18,20-22,24,26-28,30,32-36,38-39,41-46H2,1-3H3/b10-7-,19-16-,25-23-,31-29-,40-37-. The van der Waals surface area contributed by atoms with Crippen molar-refractivity contribution in [2.24, 2.45) is 0 Å². The summed E-state index contributed by atoms with van der Waals surface area (Å²) in [6.07, 6.45) is 53.8. The lowest BCUT2D eigenvalue weighted by Gasteiger charge is -2.18. The molecule has 322 valence electrons. The van der Waals surface area contributed by atoms with Crippen molar-refractivity contribution in [1.82, 2.24) is 0 Å². The van der Waals surface area contributed by atoms with Gasteiger partial charge in [0.15, 0.2) is 6.10 Å². The van der Waals surface area contributed by atoms with E-state index in [9.17, 15) is 14.4 Å². The van der Waals surface area contributed by atoms with Crippen molar-refractivity contribution < 1.29 is 28.6 Å². The van der Waals surface area contributed by atoms with Crippen LogP contribution in [0.4, 0.5) is 0 Å². The second-order valence-electron chi connectivity index (χ2n) is 15.3. The third kappa shape index (κ3) is 42.3. The van der Waals surface area contributed by atoms with E-state index in [4.69, 9.17) is 14.2 Å². The van der Waals surface area contributed by atoms with Gasteiger partial charge in [0, 0.05) is 12.8 Å². The Morgan fingerprint density at radius 1 is 0.375 bits per heavy atom. The third-order valence-corrected chi connectivity index (χ3v) is 9.82. The number of ether oxygens (including phenoxy) is 3. The molecule has 0 amide bonds. The van der Waals surface area contributed by atoms with Crippen LogP contribution in [0.2, 0.25) is 0 Å². The van der Waals surface area contributed by atoms with Gasteiger partial charge in [-0.2, -0.15) is 0 Å². The molecule has 0 aliphatic rings. The molecule has 0 aromatic rings. The van der Waals surface area contributed by atoms with Gasteiger partial charge in [-0.05, 0) is 44.9 Å². The largest absolute Gasteiger partial charge is 0.462 e. The Hall–Kier alpha value is -2.89. The molecule has 0 aliphatic carbocycles. The van der Waals surface area contributed by atoms with E-state index in [1.54, 1.807) is 6.08 Å². The molecule has 0 saturated heterocycles. The summed E-state index contributed by atoms with van der Waals surface area (Å²) in [4.78, 5) is 37.6. The van der Waals surface area contributed by atoms with Crippen LogP contribution in [0.1, 0.15) is 220 Å². The van der Waals surface area contributed by atoms with Crippen molar-refractivity contribution in [3.63, 3.8) is 0 Å². The van der Waals surface area contributed by atoms with Crippen LogP contribution in [-0.4, -0.2) is 37.2 Å². The van der Waals surface area contributed by atoms with Gasteiger partial charge >= 0.3 is 17.9 Å². The van der Waals surface area contributed by atoms with Crippen molar-refractivity contribution in [2.75, 3.05) is 13.2 Å². The molecule has 0 spiro atoms. The van der Waals surface area contributed by atoms with Crippen molar-refractivity contribution in [1.29, 1.82) is 0 Å². The Morgan fingerprint density at radius 2 is 0.696 bits per heavy atom. The second kappa shape index (κ2) is 44.8. The van der Waals surface area contributed by atoms with Crippen molar-refractivity contribution in [3.05, 3.63) is 60.8 Å². The molecular formula is C50H86O6. The molecule has 0 aliphatic heterocycles. The quantitative estimate of drug-likeness (QED) is 0.0266. The molecule has 6 nitrogen and oxygen atoms in total. The lowest BCUT2D eigenvalue weighted by molar-refractivity contribution is -0.166. The molecule has 0 aromatic heterocycles. The van der Waals surface area contributed by atoms with Crippen molar-refractivity contribution in [3.8, 4) is 0 Å². The Kier molecular flexibility index (Phi) is 42.5. The summed E-state index contributed by atoms with van der Waals surface area (Å²) in [7, 11) is 0. The fraction of sp³-hybridized carbons (Fsp3) is 0.740. The summed E-state index contributed by atoms with van der Waals surface area (Å²) in [5.41, 5.74) is 0. The molecule has 0 rings (SSSR count). The van der Waals surface area contributed by atoms with Crippen LogP contribution >= 0.6 is 0 Å². The molecule has 1 atom stereocenters. The highest BCUT2D eigenvalue weighted by molar-refractivity contribution is 5.72. The van der Waals surface area contributed by atoms with Crippen LogP contribution in [0, 0.1) is 0 Å². The Bertz CT molecular complexity index is 1040. The minimum absolute atomic E-state index is 0.102. The van der Waals surface area contributed by atoms with Crippen LogP contribution in [0.15, 0.2) is 60.8 Å². The second-order valence-corrected chi connectivity index (χ2v) is 15.3. The average molecular weight is 783 g/mol. The average Bonchev–Trinajstić information content (AvgIpc) is 3.19. The fourth-order valence-electron chi connectivity index (χ4n) is 6.34. The minimum atomic E-state index is -0.807. The van der Waals surface area contributed by atoms with Crippen molar-refractivity contribution >= 4 is 17.9 Å². The molecule has 0 heterocycles. The molecular weight excluding hydrogens is 697 g/mol. The van der Waals surface area contributed by atoms with Gasteiger partial charge in [0.25, 0.3) is 0 Å². The number of unbranched alkanes of at least 4 members (excludes halogenated alkanes) is 21. The summed E-state index contributed by atoms with van der Waals surface area (Å²) < 4.78 is 16.6. The van der Waals surface area contributed by atoms with Crippen molar-refractivity contribution in [2.45, 2.75) is 226 Å². The van der Waals surface area contributed by atoms with E-state index in [-0.39, 0.29) is 31.6 Å².